The smallest absolute Gasteiger partial charge is 0.253 e. The highest BCUT2D eigenvalue weighted by Gasteiger charge is 2.40. The van der Waals surface area contributed by atoms with E-state index in [4.69, 9.17) is 0 Å². The number of phenols is 1. The van der Waals surface area contributed by atoms with Crippen molar-refractivity contribution in [2.75, 3.05) is 11.9 Å². The number of phenolic OH excluding ortho intramolecular Hbond substituents is 1. The molecular weight excluding hydrogens is 336 g/mol. The Bertz CT molecular complexity index is 803. The standard InChI is InChI=1S/C15H16N2O4S2/c18-13-7-2-1-5-11(13)16-15(19)12-6-3-9-17(12)23(20,21)14-8-4-10-22-14/h1-2,4-5,7-8,10,12,18H,3,6,9H2,(H,16,19)/t12-/m1/s1. The highest BCUT2D eigenvalue weighted by atomic mass is 32.2. The van der Waals surface area contributed by atoms with Gasteiger partial charge in [-0.15, -0.1) is 11.3 Å². The lowest BCUT2D eigenvalue weighted by atomic mass is 10.2. The van der Waals surface area contributed by atoms with E-state index in [2.05, 4.69) is 5.32 Å². The Morgan fingerprint density at radius 1 is 1.26 bits per heavy atom. The quantitative estimate of drug-likeness (QED) is 0.826. The average Bonchev–Trinajstić information content (AvgIpc) is 3.21. The molecule has 0 saturated carbocycles. The van der Waals surface area contributed by atoms with Crippen LogP contribution in [0.4, 0.5) is 5.69 Å². The lowest BCUT2D eigenvalue weighted by Gasteiger charge is -2.22. The number of nitrogens with one attached hydrogen (secondary N) is 1. The molecule has 1 amide bonds. The van der Waals surface area contributed by atoms with Crippen LogP contribution in [0.3, 0.4) is 0 Å². The molecule has 23 heavy (non-hydrogen) atoms. The summed E-state index contributed by atoms with van der Waals surface area (Å²) in [5, 5.41) is 14.0. The molecule has 1 aliphatic rings. The Hall–Kier alpha value is -1.90. The minimum atomic E-state index is -3.66. The zero-order valence-corrected chi connectivity index (χ0v) is 13.8. The maximum Gasteiger partial charge on any atom is 0.253 e. The Labute approximate surface area is 138 Å². The summed E-state index contributed by atoms with van der Waals surface area (Å²) < 4.78 is 26.8. The Balaban J connectivity index is 1.82. The van der Waals surface area contributed by atoms with Crippen molar-refractivity contribution >= 4 is 33.0 Å². The van der Waals surface area contributed by atoms with Crippen molar-refractivity contribution in [3.05, 3.63) is 41.8 Å². The fourth-order valence-corrected chi connectivity index (χ4v) is 5.39. The third kappa shape index (κ3) is 3.10. The minimum Gasteiger partial charge on any atom is -0.506 e. The number of hydrogen-bond donors (Lipinski definition) is 2. The van der Waals surface area contributed by atoms with Crippen molar-refractivity contribution in [3.8, 4) is 5.75 Å². The van der Waals surface area contributed by atoms with Gasteiger partial charge in [0, 0.05) is 6.54 Å². The number of aromatic hydroxyl groups is 1. The lowest BCUT2D eigenvalue weighted by Crippen LogP contribution is -2.42. The number of benzene rings is 1. The molecule has 0 aliphatic carbocycles. The van der Waals surface area contributed by atoms with Crippen molar-refractivity contribution in [1.82, 2.24) is 4.31 Å². The van der Waals surface area contributed by atoms with Crippen molar-refractivity contribution < 1.29 is 18.3 Å². The summed E-state index contributed by atoms with van der Waals surface area (Å²) in [6.45, 7) is 0.319. The van der Waals surface area contributed by atoms with Crippen molar-refractivity contribution in [3.63, 3.8) is 0 Å². The molecule has 1 aromatic heterocycles. The molecule has 0 radical (unpaired) electrons. The van der Waals surface area contributed by atoms with Crippen LogP contribution in [0.15, 0.2) is 46.0 Å². The van der Waals surface area contributed by atoms with Crippen LogP contribution in [-0.4, -0.2) is 36.3 Å². The highest BCUT2D eigenvalue weighted by molar-refractivity contribution is 7.91. The number of rotatable bonds is 4. The van der Waals surface area contributed by atoms with Gasteiger partial charge in [0.1, 0.15) is 16.0 Å². The number of thiophene rings is 1. The maximum absolute atomic E-state index is 12.6. The normalized spacial score (nSPS) is 18.9. The molecule has 1 fully saturated rings. The summed E-state index contributed by atoms with van der Waals surface area (Å²) in [5.74, 6) is -0.476. The minimum absolute atomic E-state index is 0.0495. The van der Waals surface area contributed by atoms with Crippen molar-refractivity contribution in [2.45, 2.75) is 23.1 Å². The Morgan fingerprint density at radius 2 is 2.04 bits per heavy atom. The van der Waals surface area contributed by atoms with Gasteiger partial charge in [-0.1, -0.05) is 18.2 Å². The summed E-state index contributed by atoms with van der Waals surface area (Å²) >= 11 is 1.14. The molecule has 2 aromatic rings. The zero-order chi connectivity index (χ0) is 16.4. The molecule has 1 atom stereocenters. The topological polar surface area (TPSA) is 86.7 Å². The van der Waals surface area contributed by atoms with Gasteiger partial charge in [-0.3, -0.25) is 4.79 Å². The largest absolute Gasteiger partial charge is 0.506 e. The van der Waals surface area contributed by atoms with Gasteiger partial charge in [-0.2, -0.15) is 4.31 Å². The monoisotopic (exact) mass is 352 g/mol. The molecule has 0 spiro atoms. The summed E-state index contributed by atoms with van der Waals surface area (Å²) in [6, 6.07) is 8.81. The molecule has 1 aromatic carbocycles. The van der Waals surface area contributed by atoms with Crippen LogP contribution in [0.5, 0.6) is 5.75 Å². The molecule has 2 N–H and O–H groups in total. The predicted molar refractivity (Wildman–Crippen MR) is 88.0 cm³/mol. The second-order valence-corrected chi connectivity index (χ2v) is 8.28. The van der Waals surface area contributed by atoms with Gasteiger partial charge in [0.05, 0.1) is 5.69 Å². The van der Waals surface area contributed by atoms with E-state index in [9.17, 15) is 18.3 Å². The molecule has 1 aliphatic heterocycles. The van der Waals surface area contributed by atoms with Gasteiger partial charge in [-0.05, 0) is 36.4 Å². The number of hydrogen-bond acceptors (Lipinski definition) is 5. The third-order valence-corrected chi connectivity index (χ3v) is 7.01. The molecule has 2 heterocycles. The number of carbonyl (C=O) groups excluding carboxylic acids is 1. The average molecular weight is 352 g/mol. The van der Waals surface area contributed by atoms with Gasteiger partial charge < -0.3 is 10.4 Å². The number of carbonyl (C=O) groups is 1. The molecule has 3 rings (SSSR count). The van der Waals surface area contributed by atoms with Crippen LogP contribution >= 0.6 is 11.3 Å². The number of para-hydroxylation sites is 2. The highest BCUT2D eigenvalue weighted by Crippen LogP contribution is 2.30. The van der Waals surface area contributed by atoms with Crippen LogP contribution in [0, 0.1) is 0 Å². The second kappa shape index (κ2) is 6.31. The first-order chi connectivity index (χ1) is 11.0. The number of amides is 1. The molecule has 0 bridgehead atoms. The van der Waals surface area contributed by atoms with Gasteiger partial charge >= 0.3 is 0 Å². The van der Waals surface area contributed by atoms with E-state index in [-0.39, 0.29) is 15.6 Å². The number of sulfonamides is 1. The summed E-state index contributed by atoms with van der Waals surface area (Å²) in [7, 11) is -3.66. The summed E-state index contributed by atoms with van der Waals surface area (Å²) in [6.07, 6.45) is 1.09. The van der Waals surface area contributed by atoms with E-state index in [1.807, 2.05) is 0 Å². The second-order valence-electron chi connectivity index (χ2n) is 5.21. The van der Waals surface area contributed by atoms with Gasteiger partial charge in [0.2, 0.25) is 5.91 Å². The Kier molecular flexibility index (Phi) is 4.38. The van der Waals surface area contributed by atoms with Crippen LogP contribution in [0.2, 0.25) is 0 Å². The first-order valence-corrected chi connectivity index (χ1v) is 9.46. The first-order valence-electron chi connectivity index (χ1n) is 7.14. The number of nitrogens with zero attached hydrogens (tertiary/aromatic N) is 1. The fourth-order valence-electron chi connectivity index (χ4n) is 2.61. The molecule has 0 unspecified atom stereocenters. The summed E-state index contributed by atoms with van der Waals surface area (Å²) in [4.78, 5) is 12.5. The fraction of sp³-hybridized carbons (Fsp3) is 0.267. The molecule has 122 valence electrons. The molecule has 1 saturated heterocycles. The third-order valence-electron chi connectivity index (χ3n) is 3.73. The Morgan fingerprint density at radius 3 is 2.74 bits per heavy atom. The first kappa shape index (κ1) is 16.0. The van der Waals surface area contributed by atoms with E-state index in [1.54, 1.807) is 29.6 Å². The summed E-state index contributed by atoms with van der Waals surface area (Å²) in [5.41, 5.74) is 0.276. The number of anilines is 1. The molecular formula is C15H16N2O4S2. The zero-order valence-electron chi connectivity index (χ0n) is 12.2. The van der Waals surface area contributed by atoms with Crippen molar-refractivity contribution in [1.29, 1.82) is 0 Å². The van der Waals surface area contributed by atoms with Crippen LogP contribution in [-0.2, 0) is 14.8 Å². The van der Waals surface area contributed by atoms with Crippen molar-refractivity contribution in [2.24, 2.45) is 0 Å². The molecule has 8 heteroatoms. The van der Waals surface area contributed by atoms with Gasteiger partial charge in [0.15, 0.2) is 0 Å². The predicted octanol–water partition coefficient (Wildman–Crippen LogP) is 2.25. The van der Waals surface area contributed by atoms with Crippen LogP contribution < -0.4 is 5.32 Å². The van der Waals surface area contributed by atoms with Gasteiger partial charge in [0.25, 0.3) is 10.0 Å². The van der Waals surface area contributed by atoms with Crippen LogP contribution in [0.25, 0.3) is 0 Å². The van der Waals surface area contributed by atoms with E-state index in [0.717, 1.165) is 11.3 Å². The maximum atomic E-state index is 12.6. The van der Waals surface area contributed by atoms with E-state index in [1.165, 1.54) is 16.4 Å². The van der Waals surface area contributed by atoms with E-state index < -0.39 is 22.0 Å². The lowest BCUT2D eigenvalue weighted by molar-refractivity contribution is -0.119. The molecule has 6 nitrogen and oxygen atoms in total. The SMILES string of the molecule is O=C(Nc1ccccc1O)[C@H]1CCCN1S(=O)(=O)c1cccs1. The van der Waals surface area contributed by atoms with E-state index in [0.29, 0.717) is 19.4 Å². The van der Waals surface area contributed by atoms with Crippen LogP contribution in [0.1, 0.15) is 12.8 Å². The van der Waals surface area contributed by atoms with Gasteiger partial charge in [-0.25, -0.2) is 8.42 Å². The van der Waals surface area contributed by atoms with E-state index >= 15 is 0 Å².